The number of rotatable bonds is 4. The third kappa shape index (κ3) is 3.41. The van der Waals surface area contributed by atoms with E-state index >= 15 is 0 Å². The van der Waals surface area contributed by atoms with E-state index in [2.05, 4.69) is 17.6 Å². The molecular weight excluding hydrogens is 198 g/mol. The lowest BCUT2D eigenvalue weighted by Crippen LogP contribution is -2.36. The molecule has 0 spiro atoms. The zero-order valence-electron chi connectivity index (χ0n) is 9.73. The summed E-state index contributed by atoms with van der Waals surface area (Å²) in [6.07, 6.45) is 1.78. The Balaban J connectivity index is 2.73. The third-order valence-electron chi connectivity index (χ3n) is 2.35. The maximum Gasteiger partial charge on any atom is 0.251 e. The topological polar surface area (TPSA) is 29.1 Å². The monoisotopic (exact) mass is 215 g/mol. The zero-order valence-corrected chi connectivity index (χ0v) is 9.73. The fraction of sp³-hybridized carbons (Fsp3) is 0.286. The number of carbonyl (C=O) groups is 1. The van der Waals surface area contributed by atoms with Gasteiger partial charge in [0.05, 0.1) is 6.04 Å². The normalized spacial score (nSPS) is 11.7. The van der Waals surface area contributed by atoms with Crippen molar-refractivity contribution in [1.29, 1.82) is 0 Å². The smallest absolute Gasteiger partial charge is 0.251 e. The molecule has 0 bridgehead atoms. The van der Waals surface area contributed by atoms with Crippen molar-refractivity contribution in [3.8, 4) is 0 Å². The number of carbonyl (C=O) groups excluding carboxylic acids is 1. The summed E-state index contributed by atoms with van der Waals surface area (Å²) in [6, 6.07) is 9.16. The second-order valence-electron chi connectivity index (χ2n) is 3.98. The largest absolute Gasteiger partial charge is 0.345 e. The molecule has 0 fully saturated rings. The Hall–Kier alpha value is -1.79. The summed E-state index contributed by atoms with van der Waals surface area (Å²) in [5, 5.41) is 2.94. The minimum atomic E-state index is -0.0641. The van der Waals surface area contributed by atoms with Crippen molar-refractivity contribution in [1.82, 2.24) is 5.32 Å². The van der Waals surface area contributed by atoms with Gasteiger partial charge in [0.15, 0.2) is 0 Å². The zero-order chi connectivity index (χ0) is 12.0. The molecule has 0 aliphatic rings. The van der Waals surface area contributed by atoms with Crippen LogP contribution in [0.3, 0.4) is 0 Å². The summed E-state index contributed by atoms with van der Waals surface area (Å²) in [7, 11) is 0. The van der Waals surface area contributed by atoms with E-state index in [0.717, 1.165) is 0 Å². The molecule has 0 saturated carbocycles. The molecule has 0 unspecified atom stereocenters. The molecule has 1 aromatic rings. The van der Waals surface area contributed by atoms with E-state index in [1.165, 1.54) is 0 Å². The molecule has 0 radical (unpaired) electrons. The first kappa shape index (κ1) is 12.3. The first-order chi connectivity index (χ1) is 7.65. The number of benzene rings is 1. The summed E-state index contributed by atoms with van der Waals surface area (Å²) in [4.78, 5) is 11.9. The first-order valence-electron chi connectivity index (χ1n) is 5.37. The van der Waals surface area contributed by atoms with E-state index in [1.807, 2.05) is 32.0 Å². The van der Waals surface area contributed by atoms with E-state index in [9.17, 15) is 4.79 Å². The highest BCUT2D eigenvalue weighted by atomic mass is 16.1. The summed E-state index contributed by atoms with van der Waals surface area (Å²) in [5.74, 6) is 0.257. The molecule has 1 N–H and O–H groups in total. The average Bonchev–Trinajstić information content (AvgIpc) is 2.29. The van der Waals surface area contributed by atoms with Crippen LogP contribution in [0.2, 0.25) is 0 Å². The van der Waals surface area contributed by atoms with Gasteiger partial charge >= 0.3 is 0 Å². The van der Waals surface area contributed by atoms with Gasteiger partial charge in [-0.2, -0.15) is 0 Å². The van der Waals surface area contributed by atoms with Gasteiger partial charge in [-0.05, 0) is 24.1 Å². The van der Waals surface area contributed by atoms with Gasteiger partial charge in [-0.3, -0.25) is 4.79 Å². The minimum absolute atomic E-state index is 0.0230. The Morgan fingerprint density at radius 2 is 2.00 bits per heavy atom. The maximum absolute atomic E-state index is 11.9. The van der Waals surface area contributed by atoms with Crippen molar-refractivity contribution in [3.05, 3.63) is 54.3 Å². The molecule has 0 aliphatic carbocycles. The lowest BCUT2D eigenvalue weighted by Gasteiger charge is -2.17. The number of hydrogen-bond acceptors (Lipinski definition) is 1. The van der Waals surface area contributed by atoms with Crippen LogP contribution in [0.25, 0.3) is 0 Å². The highest BCUT2D eigenvalue weighted by molar-refractivity contribution is 5.94. The second kappa shape index (κ2) is 5.94. The van der Waals surface area contributed by atoms with Crippen molar-refractivity contribution >= 4 is 5.91 Å². The minimum Gasteiger partial charge on any atom is -0.345 e. The molecule has 2 heteroatoms. The number of hydrogen-bond donors (Lipinski definition) is 1. The van der Waals surface area contributed by atoms with Gasteiger partial charge in [0.1, 0.15) is 0 Å². The van der Waals surface area contributed by atoms with Crippen molar-refractivity contribution in [2.24, 2.45) is 5.92 Å². The molecule has 84 valence electrons. The van der Waals surface area contributed by atoms with E-state index in [0.29, 0.717) is 11.5 Å². The number of nitrogens with one attached hydrogen (secondary N) is 1. The van der Waals surface area contributed by atoms with E-state index in [4.69, 9.17) is 0 Å². The van der Waals surface area contributed by atoms with Gasteiger partial charge < -0.3 is 5.32 Å². The van der Waals surface area contributed by atoms with E-state index in [1.54, 1.807) is 18.2 Å². The van der Waals surface area contributed by atoms with Crippen LogP contribution in [0.15, 0.2) is 48.7 Å². The molecule has 1 amide bonds. The van der Waals surface area contributed by atoms with Crippen LogP contribution in [0, 0.1) is 5.92 Å². The van der Waals surface area contributed by atoms with Crippen molar-refractivity contribution in [2.75, 3.05) is 0 Å². The fourth-order valence-corrected chi connectivity index (χ4v) is 1.35. The third-order valence-corrected chi connectivity index (χ3v) is 2.35. The quantitative estimate of drug-likeness (QED) is 0.769. The van der Waals surface area contributed by atoms with Crippen LogP contribution in [0.4, 0.5) is 0 Å². The highest BCUT2D eigenvalue weighted by Crippen LogP contribution is 2.05. The van der Waals surface area contributed by atoms with Gasteiger partial charge in [0, 0.05) is 5.56 Å². The van der Waals surface area contributed by atoms with E-state index < -0.39 is 0 Å². The molecule has 1 atom stereocenters. The maximum atomic E-state index is 11.9. The van der Waals surface area contributed by atoms with Crippen molar-refractivity contribution in [2.45, 2.75) is 19.9 Å². The Labute approximate surface area is 96.7 Å². The predicted molar refractivity (Wildman–Crippen MR) is 66.2 cm³/mol. The first-order valence-corrected chi connectivity index (χ1v) is 5.37. The van der Waals surface area contributed by atoms with Gasteiger partial charge in [-0.1, -0.05) is 38.6 Å². The summed E-state index contributed by atoms with van der Waals surface area (Å²) in [5.41, 5.74) is 3.39. The Bertz CT molecular complexity index is 388. The highest BCUT2D eigenvalue weighted by Gasteiger charge is 2.13. The van der Waals surface area contributed by atoms with E-state index in [-0.39, 0.29) is 11.9 Å². The molecule has 2 nitrogen and oxygen atoms in total. The van der Waals surface area contributed by atoms with Crippen LogP contribution in [0.1, 0.15) is 24.2 Å². The molecule has 0 saturated heterocycles. The van der Waals surface area contributed by atoms with Crippen LogP contribution >= 0.6 is 0 Å². The summed E-state index contributed by atoms with van der Waals surface area (Å²) < 4.78 is 0. The Kier molecular flexibility index (Phi) is 4.56. The van der Waals surface area contributed by atoms with Crippen molar-refractivity contribution in [3.63, 3.8) is 0 Å². The Morgan fingerprint density at radius 1 is 1.38 bits per heavy atom. The SMILES string of the molecule is C=C=C[C@@H](NC(=O)c1ccccc1)C(C)C. The second-order valence-corrected chi connectivity index (χ2v) is 3.98. The van der Waals surface area contributed by atoms with Gasteiger partial charge in [0.2, 0.25) is 0 Å². The van der Waals surface area contributed by atoms with Gasteiger partial charge in [-0.25, -0.2) is 0 Å². The summed E-state index contributed by atoms with van der Waals surface area (Å²) in [6.45, 7) is 7.62. The molecule has 1 aromatic carbocycles. The van der Waals surface area contributed by atoms with Crippen molar-refractivity contribution < 1.29 is 4.79 Å². The standard InChI is InChI=1S/C14H17NO/c1-4-8-13(11(2)3)15-14(16)12-9-6-5-7-10-12/h5-11,13H,1H2,2-3H3,(H,15,16)/t13-/m1/s1. The molecule has 16 heavy (non-hydrogen) atoms. The number of amides is 1. The Morgan fingerprint density at radius 3 is 2.50 bits per heavy atom. The molecule has 0 heterocycles. The molecule has 0 aromatic heterocycles. The van der Waals surface area contributed by atoms with Crippen LogP contribution < -0.4 is 5.32 Å². The van der Waals surface area contributed by atoms with Crippen LogP contribution in [0.5, 0.6) is 0 Å². The molecular formula is C14H17NO. The lowest BCUT2D eigenvalue weighted by atomic mass is 10.0. The van der Waals surface area contributed by atoms with Crippen LogP contribution in [-0.4, -0.2) is 11.9 Å². The van der Waals surface area contributed by atoms with Gasteiger partial charge in [-0.15, -0.1) is 5.73 Å². The van der Waals surface area contributed by atoms with Crippen LogP contribution in [-0.2, 0) is 0 Å². The van der Waals surface area contributed by atoms with Gasteiger partial charge in [0.25, 0.3) is 5.91 Å². The fourth-order valence-electron chi connectivity index (χ4n) is 1.35. The average molecular weight is 215 g/mol. The summed E-state index contributed by atoms with van der Waals surface area (Å²) >= 11 is 0. The molecule has 1 rings (SSSR count). The molecule has 0 aliphatic heterocycles. The predicted octanol–water partition coefficient (Wildman–Crippen LogP) is 2.78. The lowest BCUT2D eigenvalue weighted by molar-refractivity contribution is 0.0936.